The fourth-order valence-electron chi connectivity index (χ4n) is 4.74. The van der Waals surface area contributed by atoms with Gasteiger partial charge in [-0.15, -0.1) is 0 Å². The van der Waals surface area contributed by atoms with E-state index >= 15 is 0 Å². The molecular formula is C22H29N3O4. The number of phenolic OH excluding ortho intramolecular Hbond substituents is 1. The first-order valence-electron chi connectivity index (χ1n) is 10.3. The summed E-state index contributed by atoms with van der Waals surface area (Å²) < 4.78 is 7.23. The van der Waals surface area contributed by atoms with Crippen LogP contribution in [-0.2, 0) is 4.74 Å². The van der Waals surface area contributed by atoms with Crippen LogP contribution < -0.4 is 5.56 Å². The molecule has 2 aromatic rings. The molecule has 4 rings (SSSR count). The lowest BCUT2D eigenvalue weighted by molar-refractivity contribution is 0.0103. The Morgan fingerprint density at radius 1 is 1.24 bits per heavy atom. The van der Waals surface area contributed by atoms with Crippen molar-refractivity contribution in [2.24, 2.45) is 5.41 Å². The quantitative estimate of drug-likeness (QED) is 0.787. The summed E-state index contributed by atoms with van der Waals surface area (Å²) in [4.78, 5) is 31.5. The summed E-state index contributed by atoms with van der Waals surface area (Å²) in [7, 11) is 0. The molecule has 1 aromatic carbocycles. The molecule has 1 saturated heterocycles. The number of nitrogens with zero attached hydrogens (tertiary/aromatic N) is 3. The van der Waals surface area contributed by atoms with Gasteiger partial charge in [0.15, 0.2) is 0 Å². The van der Waals surface area contributed by atoms with Gasteiger partial charge in [0.05, 0.1) is 17.2 Å². The van der Waals surface area contributed by atoms with Crippen LogP contribution in [0.25, 0.3) is 10.9 Å². The second-order valence-corrected chi connectivity index (χ2v) is 9.52. The van der Waals surface area contributed by atoms with E-state index < -0.39 is 5.60 Å². The summed E-state index contributed by atoms with van der Waals surface area (Å²) in [6.45, 7) is 7.04. The minimum atomic E-state index is -0.483. The molecule has 7 heteroatoms. The first-order valence-corrected chi connectivity index (χ1v) is 10.3. The lowest BCUT2D eigenvalue weighted by atomic mass is 9.77. The summed E-state index contributed by atoms with van der Waals surface area (Å²) in [5, 5.41) is 10.2. The van der Waals surface area contributed by atoms with Gasteiger partial charge in [-0.05, 0) is 76.5 Å². The van der Waals surface area contributed by atoms with Gasteiger partial charge in [0.1, 0.15) is 11.4 Å². The monoisotopic (exact) mass is 399 g/mol. The third-order valence-electron chi connectivity index (χ3n) is 6.31. The first-order chi connectivity index (χ1) is 13.7. The summed E-state index contributed by atoms with van der Waals surface area (Å²) in [5.74, 6) is 0.0755. The second kappa shape index (κ2) is 7.04. The Morgan fingerprint density at radius 3 is 2.66 bits per heavy atom. The standard InChI is InChI=1S/C22H29N3O4/c1-21(2,3)29-20(28)24-10-8-22(9-11-24)7-6-15(13-22)25-14-23-18-5-4-16(26)12-17(18)19(25)27/h4-5,12,14-15,26H,6-11,13H2,1-3H3/t15-/m0/s1. The molecule has 156 valence electrons. The number of hydrogen-bond donors (Lipinski definition) is 1. The Hall–Kier alpha value is -2.57. The molecule has 1 N–H and O–H groups in total. The number of likely N-dealkylation sites (tertiary alicyclic amines) is 1. The van der Waals surface area contributed by atoms with E-state index in [2.05, 4.69) is 4.98 Å². The lowest BCUT2D eigenvalue weighted by Crippen LogP contribution is -2.44. The van der Waals surface area contributed by atoms with Gasteiger partial charge in [-0.1, -0.05) is 0 Å². The largest absolute Gasteiger partial charge is 0.508 e. The van der Waals surface area contributed by atoms with Crippen LogP contribution in [0.3, 0.4) is 0 Å². The Kier molecular flexibility index (Phi) is 4.79. The van der Waals surface area contributed by atoms with Crippen LogP contribution in [0.4, 0.5) is 4.79 Å². The van der Waals surface area contributed by atoms with E-state index in [0.717, 1.165) is 32.1 Å². The van der Waals surface area contributed by atoms with Gasteiger partial charge < -0.3 is 14.7 Å². The van der Waals surface area contributed by atoms with Crippen molar-refractivity contribution in [2.75, 3.05) is 13.1 Å². The van der Waals surface area contributed by atoms with Crippen molar-refractivity contribution >= 4 is 17.0 Å². The van der Waals surface area contributed by atoms with Gasteiger partial charge in [-0.3, -0.25) is 9.36 Å². The fourth-order valence-corrected chi connectivity index (χ4v) is 4.74. The van der Waals surface area contributed by atoms with Gasteiger partial charge in [0.2, 0.25) is 0 Å². The van der Waals surface area contributed by atoms with Gasteiger partial charge in [0.25, 0.3) is 5.56 Å². The molecule has 1 spiro atoms. The van der Waals surface area contributed by atoms with E-state index in [9.17, 15) is 14.7 Å². The number of aromatic nitrogens is 2. The molecule has 0 bridgehead atoms. The molecule has 1 aromatic heterocycles. The molecule has 0 radical (unpaired) electrons. The number of benzene rings is 1. The Labute approximate surface area is 170 Å². The molecule has 1 aliphatic carbocycles. The average molecular weight is 399 g/mol. The third-order valence-corrected chi connectivity index (χ3v) is 6.31. The van der Waals surface area contributed by atoms with Crippen molar-refractivity contribution in [3.05, 3.63) is 34.9 Å². The number of ether oxygens (including phenoxy) is 1. The van der Waals surface area contributed by atoms with Crippen LogP contribution >= 0.6 is 0 Å². The maximum absolute atomic E-state index is 13.0. The van der Waals surface area contributed by atoms with E-state index in [1.807, 2.05) is 20.8 Å². The third kappa shape index (κ3) is 3.95. The van der Waals surface area contributed by atoms with Crippen molar-refractivity contribution in [2.45, 2.75) is 64.5 Å². The molecule has 0 unspecified atom stereocenters. The van der Waals surface area contributed by atoms with Crippen LogP contribution in [-0.4, -0.2) is 44.3 Å². The highest BCUT2D eigenvalue weighted by molar-refractivity contribution is 5.78. The van der Waals surface area contributed by atoms with Crippen LogP contribution in [0.15, 0.2) is 29.3 Å². The van der Waals surface area contributed by atoms with Crippen molar-refractivity contribution in [3.8, 4) is 5.75 Å². The van der Waals surface area contributed by atoms with Crippen molar-refractivity contribution in [1.29, 1.82) is 0 Å². The van der Waals surface area contributed by atoms with E-state index in [1.54, 1.807) is 27.9 Å². The number of carbonyl (C=O) groups excluding carboxylic acids is 1. The Morgan fingerprint density at radius 2 is 1.97 bits per heavy atom. The molecule has 2 aliphatic rings. The molecule has 2 fully saturated rings. The molecular weight excluding hydrogens is 370 g/mol. The van der Waals surface area contributed by atoms with Crippen LogP contribution in [0.5, 0.6) is 5.75 Å². The van der Waals surface area contributed by atoms with Gasteiger partial charge in [-0.25, -0.2) is 9.78 Å². The van der Waals surface area contributed by atoms with E-state index in [1.165, 1.54) is 6.07 Å². The predicted molar refractivity (Wildman–Crippen MR) is 110 cm³/mol. The molecule has 1 atom stereocenters. The molecule has 1 saturated carbocycles. The van der Waals surface area contributed by atoms with E-state index in [4.69, 9.17) is 4.74 Å². The number of piperidine rings is 1. The zero-order chi connectivity index (χ0) is 20.8. The van der Waals surface area contributed by atoms with E-state index in [0.29, 0.717) is 24.0 Å². The van der Waals surface area contributed by atoms with E-state index in [-0.39, 0.29) is 28.9 Å². The molecule has 7 nitrogen and oxygen atoms in total. The van der Waals surface area contributed by atoms with Crippen LogP contribution in [0, 0.1) is 5.41 Å². The fraction of sp³-hybridized carbons (Fsp3) is 0.591. The van der Waals surface area contributed by atoms with Crippen molar-refractivity contribution in [1.82, 2.24) is 14.5 Å². The number of phenols is 1. The molecule has 2 heterocycles. The average Bonchev–Trinajstić information content (AvgIpc) is 3.05. The highest BCUT2D eigenvalue weighted by atomic mass is 16.6. The Bertz CT molecular complexity index is 984. The summed E-state index contributed by atoms with van der Waals surface area (Å²) >= 11 is 0. The highest BCUT2D eigenvalue weighted by Crippen LogP contribution is 2.50. The zero-order valence-electron chi connectivity index (χ0n) is 17.4. The number of fused-ring (bicyclic) bond motifs is 1. The first kappa shape index (κ1) is 19.7. The molecule has 1 aliphatic heterocycles. The number of rotatable bonds is 1. The SMILES string of the molecule is CC(C)(C)OC(=O)N1CCC2(CC[C@H](n3cnc4ccc(O)cc4c3=O)C2)CC1. The summed E-state index contributed by atoms with van der Waals surface area (Å²) in [5.41, 5.74) is 0.182. The maximum atomic E-state index is 13.0. The summed E-state index contributed by atoms with van der Waals surface area (Å²) in [6.07, 6.45) is 6.15. The maximum Gasteiger partial charge on any atom is 0.410 e. The van der Waals surface area contributed by atoms with Gasteiger partial charge in [0, 0.05) is 19.1 Å². The smallest absolute Gasteiger partial charge is 0.410 e. The van der Waals surface area contributed by atoms with Crippen LogP contribution in [0.1, 0.15) is 58.9 Å². The lowest BCUT2D eigenvalue weighted by Gasteiger charge is -2.40. The predicted octanol–water partition coefficient (Wildman–Crippen LogP) is 3.84. The normalized spacial score (nSPS) is 21.6. The topological polar surface area (TPSA) is 84.7 Å². The van der Waals surface area contributed by atoms with Gasteiger partial charge >= 0.3 is 6.09 Å². The zero-order valence-corrected chi connectivity index (χ0v) is 17.4. The number of aromatic hydroxyl groups is 1. The highest BCUT2D eigenvalue weighted by Gasteiger charge is 2.43. The number of carbonyl (C=O) groups is 1. The van der Waals surface area contributed by atoms with Crippen molar-refractivity contribution < 1.29 is 14.6 Å². The van der Waals surface area contributed by atoms with Gasteiger partial charge in [-0.2, -0.15) is 0 Å². The number of amides is 1. The minimum Gasteiger partial charge on any atom is -0.508 e. The molecule has 1 amide bonds. The number of hydrogen-bond acceptors (Lipinski definition) is 5. The second-order valence-electron chi connectivity index (χ2n) is 9.52. The van der Waals surface area contributed by atoms with Crippen LogP contribution in [0.2, 0.25) is 0 Å². The molecule has 29 heavy (non-hydrogen) atoms. The summed E-state index contributed by atoms with van der Waals surface area (Å²) in [6, 6.07) is 4.81. The minimum absolute atomic E-state index is 0.0755. The Balaban J connectivity index is 1.46. The van der Waals surface area contributed by atoms with Crippen molar-refractivity contribution in [3.63, 3.8) is 0 Å².